The highest BCUT2D eigenvalue weighted by Crippen LogP contribution is 2.17. The molecule has 51 heavy (non-hydrogen) atoms. The van der Waals surface area contributed by atoms with Gasteiger partial charge in [-0.05, 0) is 38.5 Å². The number of aliphatic hydroxyl groups excluding tert-OH is 3. The summed E-state index contributed by atoms with van der Waals surface area (Å²) >= 11 is 0. The first kappa shape index (κ1) is 50.1. The Bertz CT molecular complexity index is 713. The maximum Gasteiger partial charge on any atom is 0.222 e. The third-order valence-electron chi connectivity index (χ3n) is 10.8. The van der Waals surface area contributed by atoms with E-state index < -0.39 is 18.2 Å². The summed E-state index contributed by atoms with van der Waals surface area (Å²) in [7, 11) is 0. The average molecular weight is 722 g/mol. The predicted octanol–water partition coefficient (Wildman–Crippen LogP) is 13.2. The number of rotatable bonds is 42. The maximum atomic E-state index is 12.5. The van der Waals surface area contributed by atoms with Crippen molar-refractivity contribution in [3.63, 3.8) is 0 Å². The van der Waals surface area contributed by atoms with Gasteiger partial charge in [0.15, 0.2) is 0 Å². The minimum absolute atomic E-state index is 0.0337. The zero-order valence-electron chi connectivity index (χ0n) is 34.5. The Morgan fingerprint density at radius 1 is 0.471 bits per heavy atom. The van der Waals surface area contributed by atoms with E-state index in [1.165, 1.54) is 186 Å². The van der Waals surface area contributed by atoms with Crippen molar-refractivity contribution in [1.82, 2.24) is 5.32 Å². The van der Waals surface area contributed by atoms with Gasteiger partial charge < -0.3 is 20.6 Å². The molecule has 1 amide bonds. The van der Waals surface area contributed by atoms with Crippen LogP contribution in [0.1, 0.15) is 251 Å². The van der Waals surface area contributed by atoms with Gasteiger partial charge in [0.05, 0.1) is 31.3 Å². The van der Waals surface area contributed by atoms with Gasteiger partial charge in [0, 0.05) is 0 Å². The summed E-state index contributed by atoms with van der Waals surface area (Å²) in [5, 5.41) is 33.4. The van der Waals surface area contributed by atoms with Gasteiger partial charge in [-0.2, -0.15) is 0 Å². The van der Waals surface area contributed by atoms with Crippen molar-refractivity contribution in [2.24, 2.45) is 0 Å². The molecule has 5 heteroatoms. The molecule has 0 aliphatic heterocycles. The zero-order valence-corrected chi connectivity index (χ0v) is 34.5. The maximum absolute atomic E-state index is 12.5. The van der Waals surface area contributed by atoms with Crippen molar-refractivity contribution < 1.29 is 20.1 Å². The number of amides is 1. The first-order valence-electron chi connectivity index (χ1n) is 23.0. The van der Waals surface area contributed by atoms with Gasteiger partial charge in [0.2, 0.25) is 5.91 Å². The molecule has 0 saturated heterocycles. The minimum Gasteiger partial charge on any atom is -0.394 e. The second-order valence-corrected chi connectivity index (χ2v) is 16.0. The van der Waals surface area contributed by atoms with Crippen LogP contribution in [0.2, 0.25) is 0 Å². The van der Waals surface area contributed by atoms with Crippen molar-refractivity contribution in [1.29, 1.82) is 0 Å². The summed E-state index contributed by atoms with van der Waals surface area (Å²) in [5.74, 6) is -0.285. The van der Waals surface area contributed by atoms with Crippen LogP contribution in [-0.2, 0) is 4.79 Å². The summed E-state index contributed by atoms with van der Waals surface area (Å²) in [6.45, 7) is 4.27. The fraction of sp³-hybridized carbons (Fsp3) is 0.935. The molecule has 304 valence electrons. The smallest absolute Gasteiger partial charge is 0.222 e. The summed E-state index contributed by atoms with van der Waals surface area (Å²) in [6, 6.07) is -0.658. The number of carbonyl (C=O) groups excluding carboxylic acids is 1. The molecular weight excluding hydrogens is 631 g/mol. The van der Waals surface area contributed by atoms with Gasteiger partial charge in [0.1, 0.15) is 0 Å². The molecule has 0 rings (SSSR count). The molecule has 0 radical (unpaired) electrons. The number of aliphatic hydroxyl groups is 3. The number of hydrogen-bond acceptors (Lipinski definition) is 4. The summed E-state index contributed by atoms with van der Waals surface area (Å²) in [4.78, 5) is 12.5. The predicted molar refractivity (Wildman–Crippen MR) is 222 cm³/mol. The summed E-state index contributed by atoms with van der Waals surface area (Å²) in [6.07, 6.45) is 49.0. The van der Waals surface area contributed by atoms with E-state index in [-0.39, 0.29) is 18.9 Å². The molecule has 4 N–H and O–H groups in total. The van der Waals surface area contributed by atoms with Gasteiger partial charge in [-0.1, -0.05) is 219 Å². The Balaban J connectivity index is 3.58. The Morgan fingerprint density at radius 3 is 1.14 bits per heavy atom. The highest BCUT2D eigenvalue weighted by atomic mass is 16.3. The van der Waals surface area contributed by atoms with E-state index in [2.05, 4.69) is 31.3 Å². The largest absolute Gasteiger partial charge is 0.394 e. The van der Waals surface area contributed by atoms with Crippen molar-refractivity contribution in [2.45, 2.75) is 270 Å². The highest BCUT2D eigenvalue weighted by molar-refractivity contribution is 5.76. The number of hydrogen-bond donors (Lipinski definition) is 4. The molecule has 3 atom stereocenters. The van der Waals surface area contributed by atoms with Crippen molar-refractivity contribution in [2.75, 3.05) is 6.61 Å². The lowest BCUT2D eigenvalue weighted by Crippen LogP contribution is -2.46. The van der Waals surface area contributed by atoms with E-state index >= 15 is 0 Å². The first-order valence-corrected chi connectivity index (χ1v) is 23.0. The Hall–Kier alpha value is -0.910. The number of allylic oxidation sites excluding steroid dienone is 2. The van der Waals surface area contributed by atoms with Gasteiger partial charge in [0.25, 0.3) is 0 Å². The van der Waals surface area contributed by atoms with Crippen LogP contribution in [0.15, 0.2) is 12.2 Å². The topological polar surface area (TPSA) is 89.8 Å². The molecule has 0 bridgehead atoms. The zero-order chi connectivity index (χ0) is 37.3. The van der Waals surface area contributed by atoms with E-state index in [0.29, 0.717) is 12.8 Å². The molecule has 0 aromatic rings. The molecule has 3 unspecified atom stereocenters. The lowest BCUT2D eigenvalue weighted by molar-refractivity contribution is -0.125. The third-order valence-corrected chi connectivity index (χ3v) is 10.8. The van der Waals surface area contributed by atoms with Gasteiger partial charge >= 0.3 is 0 Å². The standard InChI is InChI=1S/C46H91NO4/c1-3-5-7-9-11-13-15-17-19-20-21-22-23-24-26-28-30-32-34-36-38-40-45(50)44(42-48)47-46(51)41-43(49)39-37-35-33-31-29-27-25-18-16-14-12-10-8-6-4-2/h18,25,43-45,48-50H,3-17,19-24,26-42H2,1-2H3,(H,47,51)/b25-18-. The Morgan fingerprint density at radius 2 is 0.784 bits per heavy atom. The van der Waals surface area contributed by atoms with Gasteiger partial charge in [-0.15, -0.1) is 0 Å². The molecule has 0 fully saturated rings. The summed E-state index contributed by atoms with van der Waals surface area (Å²) in [5.41, 5.74) is 0. The SMILES string of the molecule is CCCCCCCC/C=C\CCCCCCCC(O)CC(=O)NC(CO)C(O)CCCCCCCCCCCCCCCCCCCCCCC. The highest BCUT2D eigenvalue weighted by Gasteiger charge is 2.21. The normalized spacial score (nSPS) is 13.6. The minimum atomic E-state index is -0.748. The van der Waals surface area contributed by atoms with E-state index in [9.17, 15) is 20.1 Å². The van der Waals surface area contributed by atoms with E-state index in [1.807, 2.05) is 0 Å². The number of nitrogens with one attached hydrogen (secondary N) is 1. The average Bonchev–Trinajstić information content (AvgIpc) is 3.12. The Kier molecular flexibility index (Phi) is 41.1. The van der Waals surface area contributed by atoms with Crippen LogP contribution in [0, 0.1) is 0 Å². The van der Waals surface area contributed by atoms with E-state index in [0.717, 1.165) is 32.1 Å². The van der Waals surface area contributed by atoms with E-state index in [4.69, 9.17) is 0 Å². The van der Waals surface area contributed by atoms with Crippen LogP contribution < -0.4 is 5.32 Å². The van der Waals surface area contributed by atoms with Crippen molar-refractivity contribution in [3.8, 4) is 0 Å². The molecule has 0 saturated carbocycles. The number of unbranched alkanes of at least 4 members (excludes halogenated alkanes) is 31. The van der Waals surface area contributed by atoms with Gasteiger partial charge in [-0.25, -0.2) is 0 Å². The van der Waals surface area contributed by atoms with Crippen LogP contribution in [-0.4, -0.2) is 46.1 Å². The van der Waals surface area contributed by atoms with E-state index in [1.54, 1.807) is 0 Å². The first-order chi connectivity index (χ1) is 25.0. The molecule has 0 heterocycles. The lowest BCUT2D eigenvalue weighted by atomic mass is 10.0. The fourth-order valence-corrected chi connectivity index (χ4v) is 7.28. The molecule has 0 aromatic carbocycles. The van der Waals surface area contributed by atoms with Crippen LogP contribution in [0.3, 0.4) is 0 Å². The molecule has 0 aliphatic rings. The van der Waals surface area contributed by atoms with Crippen LogP contribution >= 0.6 is 0 Å². The second-order valence-electron chi connectivity index (χ2n) is 16.0. The molecule has 0 spiro atoms. The van der Waals surface area contributed by atoms with Crippen LogP contribution in [0.5, 0.6) is 0 Å². The van der Waals surface area contributed by atoms with Gasteiger partial charge in [-0.3, -0.25) is 4.79 Å². The molecular formula is C46H91NO4. The lowest BCUT2D eigenvalue weighted by Gasteiger charge is -2.23. The quantitative estimate of drug-likeness (QED) is 0.0373. The number of carbonyl (C=O) groups is 1. The molecule has 5 nitrogen and oxygen atoms in total. The third kappa shape index (κ3) is 38.6. The fourth-order valence-electron chi connectivity index (χ4n) is 7.28. The van der Waals surface area contributed by atoms with Crippen molar-refractivity contribution in [3.05, 3.63) is 12.2 Å². The van der Waals surface area contributed by atoms with Crippen LogP contribution in [0.25, 0.3) is 0 Å². The van der Waals surface area contributed by atoms with Crippen LogP contribution in [0.4, 0.5) is 0 Å². The molecule has 0 aliphatic carbocycles. The van der Waals surface area contributed by atoms with Crippen molar-refractivity contribution >= 4 is 5.91 Å². The molecule has 0 aromatic heterocycles. The second kappa shape index (κ2) is 41.8. The monoisotopic (exact) mass is 722 g/mol. The summed E-state index contributed by atoms with van der Waals surface area (Å²) < 4.78 is 0. The Labute approximate surface area is 319 Å².